The maximum absolute atomic E-state index is 11.9. The van der Waals surface area contributed by atoms with Crippen molar-refractivity contribution in [2.24, 2.45) is 5.73 Å². The van der Waals surface area contributed by atoms with Crippen LogP contribution in [0.3, 0.4) is 0 Å². The Morgan fingerprint density at radius 1 is 1.09 bits per heavy atom. The molecule has 0 fully saturated rings. The number of hydrogen-bond donors (Lipinski definition) is 3. The van der Waals surface area contributed by atoms with Gasteiger partial charge in [0.1, 0.15) is 22.3 Å². The highest BCUT2D eigenvalue weighted by Gasteiger charge is 2.25. The van der Waals surface area contributed by atoms with Crippen LogP contribution in [0.1, 0.15) is 36.3 Å². The number of hydrogen-bond acceptors (Lipinski definition) is 9. The van der Waals surface area contributed by atoms with Crippen LogP contribution in [0.5, 0.6) is 0 Å². The van der Waals surface area contributed by atoms with Gasteiger partial charge in [0, 0.05) is 17.2 Å². The molecule has 0 radical (unpaired) electrons. The molecule has 0 aliphatic rings. The van der Waals surface area contributed by atoms with Gasteiger partial charge in [-0.15, -0.1) is 22.7 Å². The normalized spacial score (nSPS) is 12.2. The lowest BCUT2D eigenvalue weighted by Crippen LogP contribution is -2.44. The lowest BCUT2D eigenvalue weighted by atomic mass is 10.2. The van der Waals surface area contributed by atoms with Crippen LogP contribution in [0, 0.1) is 0 Å². The van der Waals surface area contributed by atoms with Gasteiger partial charge in [0.2, 0.25) is 0 Å². The van der Waals surface area contributed by atoms with E-state index in [1.54, 1.807) is 49.7 Å². The summed E-state index contributed by atoms with van der Waals surface area (Å²) < 4.78 is 5.13. The number of nitrogens with one attached hydrogen (secondary N) is 1. The molecule has 3 aromatic heterocycles. The zero-order chi connectivity index (χ0) is 23.5. The van der Waals surface area contributed by atoms with Crippen molar-refractivity contribution in [2.75, 3.05) is 0 Å². The summed E-state index contributed by atoms with van der Waals surface area (Å²) in [5.74, 6) is -1.80. The molecule has 32 heavy (non-hydrogen) atoms. The molecule has 2 amide bonds. The molecular formula is C20H21N5O5S2. The van der Waals surface area contributed by atoms with Crippen molar-refractivity contribution < 1.29 is 24.2 Å². The number of amides is 2. The SMILES string of the molecule is CC(C)(C)OC(=O)NC(Cc1nc(-c2cccc(-c3nc(C(N)=O)cs3)n2)cs1)C(=O)O. The van der Waals surface area contributed by atoms with Gasteiger partial charge in [-0.05, 0) is 32.9 Å². The molecule has 10 nitrogen and oxygen atoms in total. The van der Waals surface area contributed by atoms with Crippen molar-refractivity contribution in [1.29, 1.82) is 0 Å². The number of thiazole rings is 2. The monoisotopic (exact) mass is 475 g/mol. The number of nitrogens with two attached hydrogens (primary N) is 1. The maximum atomic E-state index is 11.9. The first-order chi connectivity index (χ1) is 15.0. The van der Waals surface area contributed by atoms with Crippen molar-refractivity contribution in [3.63, 3.8) is 0 Å². The smallest absolute Gasteiger partial charge is 0.408 e. The summed E-state index contributed by atoms with van der Waals surface area (Å²) in [5.41, 5.74) is 6.36. The lowest BCUT2D eigenvalue weighted by molar-refractivity contribution is -0.139. The van der Waals surface area contributed by atoms with Crippen molar-refractivity contribution in [2.45, 2.75) is 38.8 Å². The highest BCUT2D eigenvalue weighted by Crippen LogP contribution is 2.26. The van der Waals surface area contributed by atoms with E-state index in [0.29, 0.717) is 27.1 Å². The molecule has 0 aliphatic heterocycles. The Morgan fingerprint density at radius 2 is 1.81 bits per heavy atom. The number of pyridine rings is 1. The third-order valence-corrected chi connectivity index (χ3v) is 5.64. The Bertz CT molecular complexity index is 1150. The van der Waals surface area contributed by atoms with Crippen LogP contribution in [0.25, 0.3) is 22.1 Å². The van der Waals surface area contributed by atoms with E-state index >= 15 is 0 Å². The molecule has 0 saturated carbocycles. The summed E-state index contributed by atoms with van der Waals surface area (Å²) in [6.45, 7) is 5.07. The molecule has 4 N–H and O–H groups in total. The number of rotatable bonds is 7. The van der Waals surface area contributed by atoms with Crippen LogP contribution in [-0.2, 0) is 16.0 Å². The van der Waals surface area contributed by atoms with Gasteiger partial charge in [-0.1, -0.05) is 6.07 Å². The minimum Gasteiger partial charge on any atom is -0.480 e. The number of carbonyl (C=O) groups is 3. The molecule has 1 atom stereocenters. The van der Waals surface area contributed by atoms with Crippen molar-refractivity contribution in [3.8, 4) is 22.1 Å². The summed E-state index contributed by atoms with van der Waals surface area (Å²) in [7, 11) is 0. The van der Waals surface area contributed by atoms with Crippen LogP contribution in [0.15, 0.2) is 29.0 Å². The number of alkyl carbamates (subject to hydrolysis) is 1. The van der Waals surface area contributed by atoms with Gasteiger partial charge in [-0.3, -0.25) is 4.79 Å². The van der Waals surface area contributed by atoms with Crippen molar-refractivity contribution >= 4 is 40.6 Å². The van der Waals surface area contributed by atoms with Gasteiger partial charge in [-0.25, -0.2) is 24.5 Å². The molecule has 3 aromatic rings. The van der Waals surface area contributed by atoms with Gasteiger partial charge < -0.3 is 20.9 Å². The highest BCUT2D eigenvalue weighted by atomic mass is 32.1. The van der Waals surface area contributed by atoms with Crippen molar-refractivity contribution in [3.05, 3.63) is 39.7 Å². The largest absolute Gasteiger partial charge is 0.480 e. The second-order valence-corrected chi connectivity index (χ2v) is 9.48. The average Bonchev–Trinajstić information content (AvgIpc) is 3.36. The Morgan fingerprint density at radius 3 is 2.44 bits per heavy atom. The van der Waals surface area contributed by atoms with Gasteiger partial charge in [0.05, 0.1) is 22.1 Å². The first kappa shape index (κ1) is 23.3. The summed E-state index contributed by atoms with van der Waals surface area (Å²) in [4.78, 5) is 48.0. The van der Waals surface area contributed by atoms with Gasteiger partial charge in [0.15, 0.2) is 0 Å². The fourth-order valence-electron chi connectivity index (χ4n) is 2.55. The molecule has 0 saturated heterocycles. The van der Waals surface area contributed by atoms with E-state index in [1.165, 1.54) is 22.7 Å². The van der Waals surface area contributed by atoms with Crippen LogP contribution >= 0.6 is 22.7 Å². The predicted octanol–water partition coefficient (Wildman–Crippen LogP) is 2.95. The topological polar surface area (TPSA) is 157 Å². The number of ether oxygens (including phenoxy) is 1. The Balaban J connectivity index is 1.75. The molecule has 0 aliphatic carbocycles. The molecule has 168 valence electrons. The van der Waals surface area contributed by atoms with Gasteiger partial charge in [0.25, 0.3) is 5.91 Å². The molecular weight excluding hydrogens is 454 g/mol. The summed E-state index contributed by atoms with van der Waals surface area (Å²) in [5, 5.41) is 16.2. The van der Waals surface area contributed by atoms with E-state index in [1.807, 2.05) is 0 Å². The minimum absolute atomic E-state index is 0.00656. The Hall–Kier alpha value is -3.38. The summed E-state index contributed by atoms with van der Waals surface area (Å²) >= 11 is 2.51. The van der Waals surface area contributed by atoms with Crippen LogP contribution in [0.4, 0.5) is 4.79 Å². The van der Waals surface area contributed by atoms with Gasteiger partial charge >= 0.3 is 12.1 Å². The molecule has 0 aromatic carbocycles. The average molecular weight is 476 g/mol. The molecule has 3 rings (SSSR count). The second-order valence-electron chi connectivity index (χ2n) is 7.68. The number of primary amides is 1. The van der Waals surface area contributed by atoms with Gasteiger partial charge in [-0.2, -0.15) is 0 Å². The second kappa shape index (κ2) is 9.40. The quantitative estimate of drug-likeness (QED) is 0.470. The molecule has 0 bridgehead atoms. The van der Waals surface area contributed by atoms with Crippen LogP contribution in [0.2, 0.25) is 0 Å². The minimum atomic E-state index is -1.19. The third-order valence-electron chi connectivity index (χ3n) is 3.91. The number of carboxylic acid groups (broad SMARTS) is 1. The van der Waals surface area contributed by atoms with E-state index in [9.17, 15) is 19.5 Å². The Labute approximate surface area is 191 Å². The Kier molecular flexibility index (Phi) is 6.84. The number of aliphatic carboxylic acids is 1. The summed E-state index contributed by atoms with van der Waals surface area (Å²) in [6, 6.07) is 4.11. The van der Waals surface area contributed by atoms with Crippen molar-refractivity contribution in [1.82, 2.24) is 20.3 Å². The van der Waals surface area contributed by atoms with E-state index in [4.69, 9.17) is 10.5 Å². The van der Waals surface area contributed by atoms with Crippen LogP contribution in [-0.4, -0.2) is 49.7 Å². The van der Waals surface area contributed by atoms with E-state index < -0.39 is 29.6 Å². The first-order valence-corrected chi connectivity index (χ1v) is 11.2. The van der Waals surface area contributed by atoms with E-state index in [-0.39, 0.29) is 12.1 Å². The maximum Gasteiger partial charge on any atom is 0.408 e. The fourth-order valence-corrected chi connectivity index (χ4v) is 4.16. The fraction of sp³-hybridized carbons (Fsp3) is 0.300. The zero-order valence-corrected chi connectivity index (χ0v) is 19.1. The number of aromatic nitrogens is 3. The number of carbonyl (C=O) groups excluding carboxylic acids is 2. The van der Waals surface area contributed by atoms with E-state index in [0.717, 1.165) is 0 Å². The number of nitrogens with zero attached hydrogens (tertiary/aromatic N) is 3. The lowest BCUT2D eigenvalue weighted by Gasteiger charge is -2.21. The molecule has 3 heterocycles. The highest BCUT2D eigenvalue weighted by molar-refractivity contribution is 7.13. The molecule has 0 spiro atoms. The van der Waals surface area contributed by atoms with Crippen LogP contribution < -0.4 is 11.1 Å². The summed E-state index contributed by atoms with van der Waals surface area (Å²) in [6.07, 6.45) is -0.817. The molecule has 12 heteroatoms. The van der Waals surface area contributed by atoms with E-state index in [2.05, 4.69) is 20.3 Å². The first-order valence-electron chi connectivity index (χ1n) is 9.41. The standard InChI is InChI=1S/C20H21N5O5S2/c1-20(2,3)30-19(29)25-12(18(27)28)7-15-23-13(8-31-15)10-5-4-6-11(22-10)17-24-14(9-32-17)16(21)26/h4-6,8-9,12H,7H2,1-3H3,(H2,21,26)(H,25,29)(H,27,28). The third kappa shape index (κ3) is 6.08. The predicted molar refractivity (Wildman–Crippen MR) is 119 cm³/mol. The molecule has 1 unspecified atom stereocenters. The zero-order valence-electron chi connectivity index (χ0n) is 17.5. The number of carboxylic acids is 1.